The smallest absolute Gasteiger partial charge is 0.336 e. The first-order valence-electron chi connectivity index (χ1n) is 10.7. The number of dihydropyridines is 1. The van der Waals surface area contributed by atoms with Gasteiger partial charge in [-0.1, -0.05) is 48.0 Å². The van der Waals surface area contributed by atoms with Crippen molar-refractivity contribution in [2.75, 3.05) is 13.2 Å². The van der Waals surface area contributed by atoms with Crippen molar-refractivity contribution in [3.8, 4) is 5.75 Å². The minimum absolute atomic E-state index is 0.101. The topological polar surface area (TPSA) is 64.6 Å². The number of ether oxygens (including phenoxy) is 2. The molecule has 2 aromatic rings. The Morgan fingerprint density at radius 1 is 1.00 bits per heavy atom. The molecule has 1 aliphatic heterocycles. The molecule has 0 amide bonds. The number of benzene rings is 2. The average Bonchev–Trinajstić information content (AvgIpc) is 2.77. The first kappa shape index (κ1) is 20.9. The van der Waals surface area contributed by atoms with E-state index in [-0.39, 0.29) is 19.0 Å². The maximum absolute atomic E-state index is 13.1. The Labute approximate surface area is 182 Å². The molecule has 0 spiro atoms. The first-order valence-corrected chi connectivity index (χ1v) is 10.7. The van der Waals surface area contributed by atoms with E-state index in [2.05, 4.69) is 5.32 Å². The molecule has 0 bridgehead atoms. The number of ketones is 1. The summed E-state index contributed by atoms with van der Waals surface area (Å²) in [5.41, 5.74) is 4.94. The van der Waals surface area contributed by atoms with Crippen molar-refractivity contribution in [2.45, 2.75) is 39.0 Å². The van der Waals surface area contributed by atoms with Gasteiger partial charge in [0.1, 0.15) is 19.0 Å². The summed E-state index contributed by atoms with van der Waals surface area (Å²) in [6.45, 7) is 4.29. The summed E-state index contributed by atoms with van der Waals surface area (Å²) in [6.07, 6.45) is 2.15. The number of nitrogens with one attached hydrogen (secondary N) is 1. The van der Waals surface area contributed by atoms with Crippen molar-refractivity contribution in [2.24, 2.45) is 0 Å². The molecule has 2 aliphatic rings. The summed E-state index contributed by atoms with van der Waals surface area (Å²) < 4.78 is 11.2. The molecular formula is C26H27NO4. The fourth-order valence-electron chi connectivity index (χ4n) is 4.23. The third kappa shape index (κ3) is 4.55. The van der Waals surface area contributed by atoms with Gasteiger partial charge in [-0.3, -0.25) is 4.79 Å². The lowest BCUT2D eigenvalue weighted by molar-refractivity contribution is -0.140. The second kappa shape index (κ2) is 9.21. The lowest BCUT2D eigenvalue weighted by atomic mass is 9.75. The highest BCUT2D eigenvalue weighted by molar-refractivity contribution is 6.03. The Balaban J connectivity index is 1.55. The number of para-hydroxylation sites is 1. The Hall–Kier alpha value is -3.34. The molecule has 1 heterocycles. The molecule has 0 saturated heterocycles. The lowest BCUT2D eigenvalue weighted by Crippen LogP contribution is -2.34. The zero-order valence-corrected chi connectivity index (χ0v) is 17.9. The normalized spacial score (nSPS) is 18.4. The Kier molecular flexibility index (Phi) is 6.21. The quantitative estimate of drug-likeness (QED) is 0.550. The van der Waals surface area contributed by atoms with E-state index < -0.39 is 11.9 Å². The summed E-state index contributed by atoms with van der Waals surface area (Å²) in [6, 6.07) is 17.4. The number of rotatable bonds is 6. The summed E-state index contributed by atoms with van der Waals surface area (Å²) >= 11 is 0. The number of hydrogen-bond acceptors (Lipinski definition) is 5. The second-order valence-electron chi connectivity index (χ2n) is 7.97. The molecule has 1 atom stereocenters. The predicted octanol–water partition coefficient (Wildman–Crippen LogP) is 4.59. The molecule has 1 unspecified atom stereocenters. The van der Waals surface area contributed by atoms with Crippen LogP contribution in [0.2, 0.25) is 0 Å². The maximum Gasteiger partial charge on any atom is 0.336 e. The van der Waals surface area contributed by atoms with E-state index in [0.29, 0.717) is 17.6 Å². The minimum atomic E-state index is -0.419. The van der Waals surface area contributed by atoms with Crippen LogP contribution in [0.5, 0.6) is 5.75 Å². The average molecular weight is 418 g/mol. The SMILES string of the molecule is CC1=C(C(=O)OCCOc2ccccc2)C(c2ccc(C)cc2)C2=C(CCCC2=O)N1. The third-order valence-electron chi connectivity index (χ3n) is 5.73. The van der Waals surface area contributed by atoms with E-state index in [9.17, 15) is 9.59 Å². The molecule has 4 rings (SSSR count). The van der Waals surface area contributed by atoms with Crippen LogP contribution in [-0.2, 0) is 14.3 Å². The summed E-state index contributed by atoms with van der Waals surface area (Å²) in [4.78, 5) is 26.0. The van der Waals surface area contributed by atoms with Crippen molar-refractivity contribution in [3.05, 3.63) is 88.3 Å². The molecule has 0 saturated carbocycles. The van der Waals surface area contributed by atoms with Crippen LogP contribution in [0, 0.1) is 6.92 Å². The number of carbonyl (C=O) groups is 2. The van der Waals surface area contributed by atoms with Gasteiger partial charge < -0.3 is 14.8 Å². The van der Waals surface area contributed by atoms with Gasteiger partial charge in [0.05, 0.1) is 5.57 Å². The zero-order valence-electron chi connectivity index (χ0n) is 17.9. The van der Waals surface area contributed by atoms with Crippen LogP contribution in [-0.4, -0.2) is 25.0 Å². The van der Waals surface area contributed by atoms with Crippen LogP contribution in [0.25, 0.3) is 0 Å². The number of hydrogen-bond donors (Lipinski definition) is 1. The number of carbonyl (C=O) groups excluding carboxylic acids is 2. The Morgan fingerprint density at radius 3 is 2.48 bits per heavy atom. The van der Waals surface area contributed by atoms with Gasteiger partial charge in [-0.15, -0.1) is 0 Å². The molecule has 0 radical (unpaired) electrons. The standard InChI is InChI=1S/C26H27NO4/c1-17-11-13-19(14-12-17)24-23(18(2)27-21-9-6-10-22(28)25(21)24)26(29)31-16-15-30-20-7-4-3-5-8-20/h3-5,7-8,11-14,24,27H,6,9-10,15-16H2,1-2H3. The van der Waals surface area contributed by atoms with Gasteiger partial charge in [0, 0.05) is 29.3 Å². The zero-order chi connectivity index (χ0) is 21.8. The highest BCUT2D eigenvalue weighted by atomic mass is 16.6. The van der Waals surface area contributed by atoms with E-state index in [1.54, 1.807) is 0 Å². The van der Waals surface area contributed by atoms with Crippen molar-refractivity contribution >= 4 is 11.8 Å². The fourth-order valence-corrected chi connectivity index (χ4v) is 4.23. The minimum Gasteiger partial charge on any atom is -0.490 e. The van der Waals surface area contributed by atoms with Gasteiger partial charge >= 0.3 is 5.97 Å². The molecule has 2 aromatic carbocycles. The number of Topliss-reactive ketones (excluding diaryl/α,β-unsaturated/α-hetero) is 1. The van der Waals surface area contributed by atoms with Crippen molar-refractivity contribution in [1.82, 2.24) is 5.32 Å². The molecule has 0 aromatic heterocycles. The van der Waals surface area contributed by atoms with Crippen molar-refractivity contribution in [1.29, 1.82) is 0 Å². The molecule has 31 heavy (non-hydrogen) atoms. The highest BCUT2D eigenvalue weighted by Gasteiger charge is 2.39. The van der Waals surface area contributed by atoms with Gasteiger partial charge in [-0.25, -0.2) is 4.79 Å². The van der Waals surface area contributed by atoms with Crippen LogP contribution >= 0.6 is 0 Å². The maximum atomic E-state index is 13.1. The fraction of sp³-hybridized carbons (Fsp3) is 0.308. The number of allylic oxidation sites excluding steroid dienone is 3. The Morgan fingerprint density at radius 2 is 1.74 bits per heavy atom. The van der Waals surface area contributed by atoms with E-state index in [4.69, 9.17) is 9.47 Å². The van der Waals surface area contributed by atoms with Crippen molar-refractivity contribution in [3.63, 3.8) is 0 Å². The van der Waals surface area contributed by atoms with Gasteiger partial charge in [-0.2, -0.15) is 0 Å². The van der Waals surface area contributed by atoms with Gasteiger partial charge in [0.15, 0.2) is 5.78 Å². The second-order valence-corrected chi connectivity index (χ2v) is 7.97. The van der Waals surface area contributed by atoms with Crippen LogP contribution in [0.15, 0.2) is 77.1 Å². The van der Waals surface area contributed by atoms with E-state index in [1.807, 2.05) is 68.4 Å². The molecule has 0 fully saturated rings. The van der Waals surface area contributed by atoms with Gasteiger partial charge in [-0.05, 0) is 44.4 Å². The number of aryl methyl sites for hydroxylation is 1. The summed E-state index contributed by atoms with van der Waals surface area (Å²) in [5.74, 6) is 0.00213. The van der Waals surface area contributed by atoms with Crippen molar-refractivity contribution < 1.29 is 19.1 Å². The van der Waals surface area contributed by atoms with Gasteiger partial charge in [0.2, 0.25) is 0 Å². The Bertz CT molecular complexity index is 1030. The van der Waals surface area contributed by atoms with E-state index >= 15 is 0 Å². The molecule has 5 nitrogen and oxygen atoms in total. The molecular weight excluding hydrogens is 390 g/mol. The van der Waals surface area contributed by atoms with Crippen LogP contribution < -0.4 is 10.1 Å². The van der Waals surface area contributed by atoms with Crippen LogP contribution in [0.4, 0.5) is 0 Å². The first-order chi connectivity index (χ1) is 15.0. The largest absolute Gasteiger partial charge is 0.490 e. The summed E-state index contributed by atoms with van der Waals surface area (Å²) in [5, 5.41) is 3.31. The monoisotopic (exact) mass is 417 g/mol. The molecule has 160 valence electrons. The van der Waals surface area contributed by atoms with Gasteiger partial charge in [0.25, 0.3) is 0 Å². The van der Waals surface area contributed by atoms with E-state index in [0.717, 1.165) is 41.1 Å². The van der Waals surface area contributed by atoms with E-state index in [1.165, 1.54) is 0 Å². The third-order valence-corrected chi connectivity index (χ3v) is 5.73. The lowest BCUT2D eigenvalue weighted by Gasteiger charge is -2.34. The highest BCUT2D eigenvalue weighted by Crippen LogP contribution is 2.42. The number of esters is 1. The molecule has 1 N–H and O–H groups in total. The summed E-state index contributed by atoms with van der Waals surface area (Å²) in [7, 11) is 0. The van der Waals surface area contributed by atoms with Crippen LogP contribution in [0.3, 0.4) is 0 Å². The predicted molar refractivity (Wildman–Crippen MR) is 119 cm³/mol. The van der Waals surface area contributed by atoms with Crippen LogP contribution in [0.1, 0.15) is 43.2 Å². The molecule has 5 heteroatoms. The molecule has 1 aliphatic carbocycles.